The van der Waals surface area contributed by atoms with Gasteiger partial charge in [0.2, 0.25) is 0 Å². The van der Waals surface area contributed by atoms with Gasteiger partial charge >= 0.3 is 5.97 Å². The van der Waals surface area contributed by atoms with E-state index in [2.05, 4.69) is 4.74 Å². The molecule has 1 saturated carbocycles. The number of thioether (sulfide) groups is 1. The molecule has 74 valence electrons. The largest absolute Gasteiger partial charge is 0.469 e. The fourth-order valence-corrected chi connectivity index (χ4v) is 2.82. The average Bonchev–Trinajstić information content (AvgIpc) is 2.50. The Hall–Kier alpha value is -0.510. The van der Waals surface area contributed by atoms with E-state index in [0.717, 1.165) is 19.3 Å². The molecular weight excluding hydrogens is 188 g/mol. The summed E-state index contributed by atoms with van der Waals surface area (Å²) in [5.74, 6) is -0.241. The van der Waals surface area contributed by atoms with Crippen LogP contribution in [0.3, 0.4) is 0 Å². The van der Waals surface area contributed by atoms with Crippen molar-refractivity contribution in [3.05, 3.63) is 0 Å². The molecule has 4 heteroatoms. The first-order valence-electron chi connectivity index (χ1n) is 4.40. The third-order valence-electron chi connectivity index (χ3n) is 2.27. The van der Waals surface area contributed by atoms with Crippen molar-refractivity contribution in [2.24, 2.45) is 5.92 Å². The highest BCUT2D eigenvalue weighted by atomic mass is 32.2. The minimum absolute atomic E-state index is 0.0705. The number of carbonyl (C=O) groups excluding carboxylic acids is 2. The SMILES string of the molecule is COC(=O)[C@H]1CCC[C@H]1SC(C)=O. The van der Waals surface area contributed by atoms with E-state index in [1.165, 1.54) is 25.8 Å². The monoisotopic (exact) mass is 202 g/mol. The fourth-order valence-electron chi connectivity index (χ4n) is 1.70. The van der Waals surface area contributed by atoms with Crippen molar-refractivity contribution >= 4 is 22.8 Å². The van der Waals surface area contributed by atoms with Crippen LogP contribution >= 0.6 is 11.8 Å². The first-order valence-corrected chi connectivity index (χ1v) is 5.28. The lowest BCUT2D eigenvalue weighted by Gasteiger charge is -2.14. The molecule has 1 aliphatic rings. The van der Waals surface area contributed by atoms with Crippen LogP contribution in [0.1, 0.15) is 26.2 Å². The smallest absolute Gasteiger partial charge is 0.309 e. The molecule has 0 N–H and O–H groups in total. The molecule has 0 aliphatic heterocycles. The van der Waals surface area contributed by atoms with Gasteiger partial charge in [-0.25, -0.2) is 0 Å². The zero-order chi connectivity index (χ0) is 9.84. The third kappa shape index (κ3) is 2.72. The van der Waals surface area contributed by atoms with Crippen molar-refractivity contribution in [2.75, 3.05) is 7.11 Å². The van der Waals surface area contributed by atoms with Crippen LogP contribution in [0.2, 0.25) is 0 Å². The number of ether oxygens (including phenoxy) is 1. The van der Waals surface area contributed by atoms with Crippen molar-refractivity contribution in [1.82, 2.24) is 0 Å². The van der Waals surface area contributed by atoms with Gasteiger partial charge in [-0.3, -0.25) is 9.59 Å². The van der Waals surface area contributed by atoms with Crippen molar-refractivity contribution in [2.45, 2.75) is 31.4 Å². The number of carbonyl (C=O) groups is 2. The minimum atomic E-state index is -0.170. The van der Waals surface area contributed by atoms with Crippen LogP contribution in [-0.2, 0) is 14.3 Å². The molecule has 0 bridgehead atoms. The lowest BCUT2D eigenvalue weighted by molar-refractivity contribution is -0.144. The van der Waals surface area contributed by atoms with E-state index in [1.54, 1.807) is 0 Å². The molecule has 2 atom stereocenters. The summed E-state index contributed by atoms with van der Waals surface area (Å²) in [7, 11) is 1.40. The van der Waals surface area contributed by atoms with Crippen LogP contribution in [0.25, 0.3) is 0 Å². The van der Waals surface area contributed by atoms with Gasteiger partial charge < -0.3 is 4.74 Å². The van der Waals surface area contributed by atoms with Crippen LogP contribution in [0.4, 0.5) is 0 Å². The summed E-state index contributed by atoms with van der Waals surface area (Å²) < 4.78 is 4.68. The van der Waals surface area contributed by atoms with Gasteiger partial charge in [0.25, 0.3) is 0 Å². The first-order chi connectivity index (χ1) is 6.15. The molecular formula is C9H14O3S. The maximum absolute atomic E-state index is 11.3. The molecule has 0 unspecified atom stereocenters. The average molecular weight is 202 g/mol. The summed E-state index contributed by atoms with van der Waals surface area (Å²) in [6.07, 6.45) is 2.83. The summed E-state index contributed by atoms with van der Waals surface area (Å²) in [6.45, 7) is 1.54. The van der Waals surface area contributed by atoms with Gasteiger partial charge in [0.1, 0.15) is 0 Å². The third-order valence-corrected chi connectivity index (χ3v) is 3.47. The second-order valence-corrected chi connectivity index (χ2v) is 4.62. The molecule has 13 heavy (non-hydrogen) atoms. The normalized spacial score (nSPS) is 27.2. The van der Waals surface area contributed by atoms with Gasteiger partial charge in [-0.1, -0.05) is 18.2 Å². The quantitative estimate of drug-likeness (QED) is 0.638. The maximum atomic E-state index is 11.3. The summed E-state index contributed by atoms with van der Waals surface area (Å²) in [5, 5.41) is 0.228. The maximum Gasteiger partial charge on any atom is 0.309 e. The van der Waals surface area contributed by atoms with E-state index in [0.29, 0.717) is 0 Å². The lowest BCUT2D eigenvalue weighted by atomic mass is 10.1. The molecule has 0 amide bonds. The van der Waals surface area contributed by atoms with Crippen molar-refractivity contribution in [3.8, 4) is 0 Å². The topological polar surface area (TPSA) is 43.4 Å². The highest BCUT2D eigenvalue weighted by Crippen LogP contribution is 2.35. The van der Waals surface area contributed by atoms with Crippen LogP contribution in [-0.4, -0.2) is 23.4 Å². The summed E-state index contributed by atoms with van der Waals surface area (Å²) >= 11 is 1.27. The van der Waals surface area contributed by atoms with Crippen molar-refractivity contribution in [3.63, 3.8) is 0 Å². The molecule has 0 aromatic heterocycles. The van der Waals surface area contributed by atoms with E-state index < -0.39 is 0 Å². The minimum Gasteiger partial charge on any atom is -0.469 e. The van der Waals surface area contributed by atoms with Gasteiger partial charge in [-0.15, -0.1) is 0 Å². The first kappa shape index (κ1) is 10.6. The molecule has 0 saturated heterocycles. The molecule has 0 spiro atoms. The van der Waals surface area contributed by atoms with Gasteiger partial charge in [0.15, 0.2) is 5.12 Å². The molecule has 0 aromatic carbocycles. The summed E-state index contributed by atoms with van der Waals surface area (Å²) in [6, 6.07) is 0. The number of methoxy groups -OCH3 is 1. The fraction of sp³-hybridized carbons (Fsp3) is 0.778. The summed E-state index contributed by atoms with van der Waals surface area (Å²) in [4.78, 5) is 22.1. The predicted molar refractivity (Wildman–Crippen MR) is 51.4 cm³/mol. The van der Waals surface area contributed by atoms with E-state index in [1.807, 2.05) is 0 Å². The van der Waals surface area contributed by atoms with Crippen molar-refractivity contribution in [1.29, 1.82) is 0 Å². The standard InChI is InChI=1S/C9H14O3S/c1-6(10)13-8-5-3-4-7(8)9(11)12-2/h7-8H,3-5H2,1-2H3/t7-,8+/m0/s1. The molecule has 1 rings (SSSR count). The molecule has 0 heterocycles. The van der Waals surface area contributed by atoms with E-state index in [4.69, 9.17) is 0 Å². The number of hydrogen-bond donors (Lipinski definition) is 0. The highest BCUT2D eigenvalue weighted by molar-refractivity contribution is 8.14. The summed E-state index contributed by atoms with van der Waals surface area (Å²) in [5.41, 5.74) is 0. The Bertz CT molecular complexity index is 215. The van der Waals surface area contributed by atoms with Gasteiger partial charge in [-0.05, 0) is 12.8 Å². The Morgan fingerprint density at radius 2 is 2.08 bits per heavy atom. The molecule has 1 fully saturated rings. The van der Waals surface area contributed by atoms with E-state index in [-0.39, 0.29) is 22.3 Å². The second-order valence-electron chi connectivity index (χ2n) is 3.21. The van der Waals surface area contributed by atoms with Gasteiger partial charge in [0.05, 0.1) is 13.0 Å². The second kappa shape index (κ2) is 4.65. The Balaban J connectivity index is 2.53. The number of hydrogen-bond acceptors (Lipinski definition) is 4. The van der Waals surface area contributed by atoms with Crippen molar-refractivity contribution < 1.29 is 14.3 Å². The zero-order valence-electron chi connectivity index (χ0n) is 7.91. The Morgan fingerprint density at radius 1 is 1.38 bits per heavy atom. The highest BCUT2D eigenvalue weighted by Gasteiger charge is 2.34. The Labute approximate surface area is 82.2 Å². The van der Waals surface area contributed by atoms with Crippen LogP contribution < -0.4 is 0 Å². The Kier molecular flexibility index (Phi) is 3.78. The van der Waals surface area contributed by atoms with Crippen LogP contribution in [0.15, 0.2) is 0 Å². The van der Waals surface area contributed by atoms with Crippen LogP contribution in [0, 0.1) is 5.92 Å². The lowest BCUT2D eigenvalue weighted by Crippen LogP contribution is -2.22. The number of rotatable bonds is 2. The molecule has 0 aromatic rings. The van der Waals surface area contributed by atoms with E-state index >= 15 is 0 Å². The molecule has 1 aliphatic carbocycles. The van der Waals surface area contributed by atoms with E-state index in [9.17, 15) is 9.59 Å². The zero-order valence-corrected chi connectivity index (χ0v) is 8.73. The molecule has 0 radical (unpaired) electrons. The number of esters is 1. The van der Waals surface area contributed by atoms with Gasteiger partial charge in [0, 0.05) is 12.2 Å². The van der Waals surface area contributed by atoms with Gasteiger partial charge in [-0.2, -0.15) is 0 Å². The Morgan fingerprint density at radius 3 is 2.62 bits per heavy atom. The molecule has 3 nitrogen and oxygen atoms in total. The predicted octanol–water partition coefficient (Wildman–Crippen LogP) is 1.61. The van der Waals surface area contributed by atoms with Crippen LogP contribution in [0.5, 0.6) is 0 Å².